The standard InChI is InChI=1S/C13H22N4O3/c1-5-17-9-7-16(12(19)20-13(2,3)4)6-8(9)15-11(17)10(14)18/h11,15H,5-7H2,1-4H3,(H2,14,18). The maximum absolute atomic E-state index is 12.0. The van der Waals surface area contributed by atoms with Crippen LogP contribution in [-0.2, 0) is 9.53 Å². The molecule has 1 unspecified atom stereocenters. The second-order valence-electron chi connectivity index (χ2n) is 6.00. The second kappa shape index (κ2) is 4.88. The van der Waals surface area contributed by atoms with E-state index in [0.29, 0.717) is 19.6 Å². The van der Waals surface area contributed by atoms with Gasteiger partial charge in [-0.15, -0.1) is 0 Å². The summed E-state index contributed by atoms with van der Waals surface area (Å²) in [6.07, 6.45) is -0.855. The lowest BCUT2D eigenvalue weighted by Gasteiger charge is -2.29. The van der Waals surface area contributed by atoms with Crippen LogP contribution in [0.25, 0.3) is 0 Å². The molecule has 7 heteroatoms. The van der Waals surface area contributed by atoms with E-state index in [9.17, 15) is 9.59 Å². The Kier molecular flexibility index (Phi) is 3.54. The van der Waals surface area contributed by atoms with Gasteiger partial charge in [-0.1, -0.05) is 0 Å². The Balaban J connectivity index is 2.03. The minimum Gasteiger partial charge on any atom is -0.444 e. The average molecular weight is 282 g/mol. The van der Waals surface area contributed by atoms with Gasteiger partial charge in [0, 0.05) is 6.54 Å². The molecular formula is C13H22N4O3. The highest BCUT2D eigenvalue weighted by Gasteiger charge is 2.40. The first-order chi connectivity index (χ1) is 9.23. The Morgan fingerprint density at radius 2 is 2.05 bits per heavy atom. The van der Waals surface area contributed by atoms with E-state index in [4.69, 9.17) is 10.5 Å². The van der Waals surface area contributed by atoms with E-state index in [2.05, 4.69) is 5.32 Å². The van der Waals surface area contributed by atoms with Crippen LogP contribution < -0.4 is 11.1 Å². The zero-order chi connectivity index (χ0) is 15.1. The predicted octanol–water partition coefficient (Wildman–Crippen LogP) is 0.185. The van der Waals surface area contributed by atoms with Crippen molar-refractivity contribution in [2.45, 2.75) is 39.5 Å². The molecule has 0 aliphatic carbocycles. The molecule has 0 aromatic rings. The first-order valence-electron chi connectivity index (χ1n) is 6.75. The Labute approximate surface area is 118 Å². The molecule has 2 heterocycles. The van der Waals surface area contributed by atoms with Gasteiger partial charge in [-0.05, 0) is 27.7 Å². The fourth-order valence-electron chi connectivity index (χ4n) is 2.46. The zero-order valence-electron chi connectivity index (χ0n) is 12.4. The summed E-state index contributed by atoms with van der Waals surface area (Å²) >= 11 is 0. The van der Waals surface area contributed by atoms with Crippen molar-refractivity contribution in [1.29, 1.82) is 0 Å². The van der Waals surface area contributed by atoms with Crippen molar-refractivity contribution in [1.82, 2.24) is 15.1 Å². The van der Waals surface area contributed by atoms with Gasteiger partial charge in [-0.2, -0.15) is 0 Å². The number of nitrogens with two attached hydrogens (primary N) is 1. The number of carbonyl (C=O) groups is 2. The topological polar surface area (TPSA) is 87.9 Å². The van der Waals surface area contributed by atoms with Crippen molar-refractivity contribution in [3.05, 3.63) is 11.4 Å². The SMILES string of the molecule is CCN1C2=C(CN(C(=O)OC(C)(C)C)C2)NC1C(N)=O. The molecule has 0 aromatic heterocycles. The quantitative estimate of drug-likeness (QED) is 0.754. The molecule has 2 rings (SSSR count). The number of nitrogens with one attached hydrogen (secondary N) is 1. The van der Waals surface area contributed by atoms with E-state index in [1.807, 2.05) is 32.6 Å². The highest BCUT2D eigenvalue weighted by atomic mass is 16.6. The summed E-state index contributed by atoms with van der Waals surface area (Å²) in [5.74, 6) is -0.412. The fourth-order valence-corrected chi connectivity index (χ4v) is 2.46. The maximum atomic E-state index is 12.0. The van der Waals surface area contributed by atoms with Crippen LogP contribution in [0.1, 0.15) is 27.7 Å². The van der Waals surface area contributed by atoms with Crippen LogP contribution in [0.15, 0.2) is 11.4 Å². The van der Waals surface area contributed by atoms with Crippen molar-refractivity contribution in [2.75, 3.05) is 19.6 Å². The number of likely N-dealkylation sites (N-methyl/N-ethyl adjacent to an activating group) is 1. The molecule has 0 bridgehead atoms. The van der Waals surface area contributed by atoms with E-state index < -0.39 is 17.7 Å². The number of amides is 2. The third-order valence-corrected chi connectivity index (χ3v) is 3.27. The third-order valence-electron chi connectivity index (χ3n) is 3.27. The first-order valence-corrected chi connectivity index (χ1v) is 6.75. The van der Waals surface area contributed by atoms with E-state index in [1.165, 1.54) is 0 Å². The highest BCUT2D eigenvalue weighted by Crippen LogP contribution is 2.27. The van der Waals surface area contributed by atoms with Crippen molar-refractivity contribution >= 4 is 12.0 Å². The van der Waals surface area contributed by atoms with Crippen LogP contribution in [0.3, 0.4) is 0 Å². The minimum atomic E-state index is -0.516. The van der Waals surface area contributed by atoms with Gasteiger partial charge >= 0.3 is 6.09 Å². The first kappa shape index (κ1) is 14.5. The second-order valence-corrected chi connectivity index (χ2v) is 6.00. The van der Waals surface area contributed by atoms with Gasteiger partial charge in [0.15, 0.2) is 6.17 Å². The van der Waals surface area contributed by atoms with Gasteiger partial charge < -0.3 is 20.7 Å². The molecule has 0 fully saturated rings. The number of carbonyl (C=O) groups excluding carboxylic acids is 2. The van der Waals surface area contributed by atoms with Crippen LogP contribution in [0.2, 0.25) is 0 Å². The smallest absolute Gasteiger partial charge is 0.410 e. The van der Waals surface area contributed by atoms with Crippen molar-refractivity contribution in [3.8, 4) is 0 Å². The minimum absolute atomic E-state index is 0.347. The molecule has 2 aliphatic heterocycles. The molecule has 0 radical (unpaired) electrons. The Bertz CT molecular complexity index is 467. The van der Waals surface area contributed by atoms with Crippen LogP contribution >= 0.6 is 0 Å². The molecule has 0 spiro atoms. The summed E-state index contributed by atoms with van der Waals surface area (Å²) < 4.78 is 5.35. The van der Waals surface area contributed by atoms with Gasteiger partial charge in [0.05, 0.1) is 24.5 Å². The lowest BCUT2D eigenvalue weighted by Crippen LogP contribution is -2.50. The molecular weight excluding hydrogens is 260 g/mol. The number of primary amides is 1. The predicted molar refractivity (Wildman–Crippen MR) is 73.3 cm³/mol. The molecule has 3 N–H and O–H groups in total. The molecule has 112 valence electrons. The summed E-state index contributed by atoms with van der Waals surface area (Å²) in [5.41, 5.74) is 6.68. The zero-order valence-corrected chi connectivity index (χ0v) is 12.4. The lowest BCUT2D eigenvalue weighted by molar-refractivity contribution is -0.122. The Hall–Kier alpha value is -1.92. The number of ether oxygens (including phenoxy) is 1. The van der Waals surface area contributed by atoms with Gasteiger partial charge in [-0.3, -0.25) is 9.69 Å². The lowest BCUT2D eigenvalue weighted by atomic mass is 10.2. The summed E-state index contributed by atoms with van der Waals surface area (Å²) in [7, 11) is 0. The third kappa shape index (κ3) is 2.66. The monoisotopic (exact) mass is 282 g/mol. The van der Waals surface area contributed by atoms with Crippen molar-refractivity contribution in [2.24, 2.45) is 5.73 Å². The maximum Gasteiger partial charge on any atom is 0.410 e. The van der Waals surface area contributed by atoms with Gasteiger partial charge in [-0.25, -0.2) is 4.79 Å². The number of rotatable bonds is 2. The Morgan fingerprint density at radius 3 is 2.55 bits per heavy atom. The van der Waals surface area contributed by atoms with E-state index in [-0.39, 0.29) is 6.09 Å². The molecule has 1 atom stereocenters. The van der Waals surface area contributed by atoms with E-state index in [0.717, 1.165) is 11.4 Å². The molecule has 2 amide bonds. The summed E-state index contributed by atoms with van der Waals surface area (Å²) in [4.78, 5) is 26.9. The summed E-state index contributed by atoms with van der Waals surface area (Å²) in [5, 5.41) is 3.08. The molecule has 0 saturated heterocycles. The summed E-state index contributed by atoms with van der Waals surface area (Å²) in [6, 6.07) is 0. The summed E-state index contributed by atoms with van der Waals surface area (Å²) in [6.45, 7) is 8.97. The number of nitrogens with zero attached hydrogens (tertiary/aromatic N) is 2. The van der Waals surface area contributed by atoms with Gasteiger partial charge in [0.2, 0.25) is 0 Å². The van der Waals surface area contributed by atoms with E-state index >= 15 is 0 Å². The number of hydrogen-bond acceptors (Lipinski definition) is 5. The molecule has 2 aliphatic rings. The Morgan fingerprint density at radius 1 is 1.40 bits per heavy atom. The van der Waals surface area contributed by atoms with Crippen molar-refractivity contribution in [3.63, 3.8) is 0 Å². The van der Waals surface area contributed by atoms with Crippen LogP contribution in [0, 0.1) is 0 Å². The normalized spacial score (nSPS) is 21.9. The largest absolute Gasteiger partial charge is 0.444 e. The van der Waals surface area contributed by atoms with Crippen LogP contribution in [0.5, 0.6) is 0 Å². The fraction of sp³-hybridized carbons (Fsp3) is 0.692. The molecule has 0 saturated carbocycles. The van der Waals surface area contributed by atoms with Gasteiger partial charge in [0.25, 0.3) is 5.91 Å². The van der Waals surface area contributed by atoms with Gasteiger partial charge in [0.1, 0.15) is 5.60 Å². The molecule has 7 nitrogen and oxygen atoms in total. The van der Waals surface area contributed by atoms with Crippen LogP contribution in [0.4, 0.5) is 4.79 Å². The van der Waals surface area contributed by atoms with E-state index in [1.54, 1.807) is 4.90 Å². The number of hydrogen-bond donors (Lipinski definition) is 2. The average Bonchev–Trinajstić information content (AvgIpc) is 2.82. The van der Waals surface area contributed by atoms with Crippen molar-refractivity contribution < 1.29 is 14.3 Å². The van der Waals surface area contributed by atoms with Crippen LogP contribution in [-0.4, -0.2) is 53.2 Å². The highest BCUT2D eigenvalue weighted by molar-refractivity contribution is 5.81. The molecule has 0 aromatic carbocycles. The molecule has 20 heavy (non-hydrogen) atoms.